The summed E-state index contributed by atoms with van der Waals surface area (Å²) in [4.78, 5) is 13.0. The number of carbonyl (C=O) groups excluding carboxylic acids is 1. The fraction of sp³-hybridized carbons (Fsp3) is 0.0952. The highest BCUT2D eigenvalue weighted by atomic mass is 35.5. The molecule has 0 saturated carbocycles. The predicted octanol–water partition coefficient (Wildman–Crippen LogP) is 5.42. The van der Waals surface area contributed by atoms with Crippen molar-refractivity contribution in [2.24, 2.45) is 0 Å². The number of anilines is 1. The molecule has 0 aliphatic heterocycles. The highest BCUT2D eigenvalue weighted by Gasteiger charge is 2.22. The van der Waals surface area contributed by atoms with Crippen LogP contribution in [0.2, 0.25) is 5.02 Å². The van der Waals surface area contributed by atoms with E-state index in [1.165, 1.54) is 0 Å². The van der Waals surface area contributed by atoms with Gasteiger partial charge >= 0.3 is 0 Å². The number of amides is 1. The van der Waals surface area contributed by atoms with E-state index in [-0.39, 0.29) is 11.8 Å². The van der Waals surface area contributed by atoms with E-state index in [1.807, 2.05) is 79.7 Å². The molecule has 0 aliphatic rings. The second-order valence-electron chi connectivity index (χ2n) is 5.71. The lowest BCUT2D eigenvalue weighted by molar-refractivity contribution is -0.116. The van der Waals surface area contributed by atoms with Gasteiger partial charge in [-0.2, -0.15) is 0 Å². The second kappa shape index (κ2) is 7.33. The van der Waals surface area contributed by atoms with Crippen LogP contribution in [-0.2, 0) is 4.79 Å². The average molecular weight is 336 g/mol. The molecule has 24 heavy (non-hydrogen) atoms. The lowest BCUT2D eigenvalue weighted by atomic mass is 9.90. The zero-order valence-electron chi connectivity index (χ0n) is 13.4. The first-order valence-corrected chi connectivity index (χ1v) is 8.20. The molecule has 120 valence electrons. The molecular formula is C21H18ClNO. The van der Waals surface area contributed by atoms with E-state index in [9.17, 15) is 4.79 Å². The van der Waals surface area contributed by atoms with Crippen molar-refractivity contribution in [3.63, 3.8) is 0 Å². The van der Waals surface area contributed by atoms with E-state index in [2.05, 4.69) is 5.32 Å². The molecule has 0 saturated heterocycles. The van der Waals surface area contributed by atoms with E-state index in [4.69, 9.17) is 11.6 Å². The maximum atomic E-state index is 13.0. The number of rotatable bonds is 4. The molecule has 0 fully saturated rings. The van der Waals surface area contributed by atoms with E-state index < -0.39 is 0 Å². The molecule has 0 unspecified atom stereocenters. The molecule has 0 aromatic heterocycles. The van der Waals surface area contributed by atoms with E-state index in [0.717, 1.165) is 16.7 Å². The van der Waals surface area contributed by atoms with Crippen molar-refractivity contribution >= 4 is 23.2 Å². The maximum Gasteiger partial charge on any atom is 0.236 e. The molecule has 0 spiro atoms. The minimum absolute atomic E-state index is 0.0766. The summed E-state index contributed by atoms with van der Waals surface area (Å²) in [6, 6.07) is 25.1. The SMILES string of the molecule is Cc1ccc(NC(=O)C(c2ccccc2)c2ccccc2)cc1Cl. The maximum absolute atomic E-state index is 13.0. The van der Waals surface area contributed by atoms with Gasteiger partial charge in [-0.05, 0) is 35.7 Å². The van der Waals surface area contributed by atoms with Crippen molar-refractivity contribution in [3.8, 4) is 0 Å². The summed E-state index contributed by atoms with van der Waals surface area (Å²) in [5.41, 5.74) is 3.60. The van der Waals surface area contributed by atoms with Gasteiger partial charge in [-0.1, -0.05) is 78.3 Å². The third kappa shape index (κ3) is 3.66. The molecule has 3 rings (SSSR count). The normalized spacial score (nSPS) is 10.6. The van der Waals surface area contributed by atoms with Gasteiger partial charge in [-0.3, -0.25) is 4.79 Å². The predicted molar refractivity (Wildman–Crippen MR) is 99.5 cm³/mol. The van der Waals surface area contributed by atoms with Gasteiger partial charge in [0.25, 0.3) is 0 Å². The number of nitrogens with one attached hydrogen (secondary N) is 1. The monoisotopic (exact) mass is 335 g/mol. The van der Waals surface area contributed by atoms with Crippen molar-refractivity contribution in [1.82, 2.24) is 0 Å². The van der Waals surface area contributed by atoms with E-state index >= 15 is 0 Å². The van der Waals surface area contributed by atoms with Crippen molar-refractivity contribution in [3.05, 3.63) is 101 Å². The Balaban J connectivity index is 1.93. The highest BCUT2D eigenvalue weighted by molar-refractivity contribution is 6.31. The van der Waals surface area contributed by atoms with Crippen molar-refractivity contribution in [1.29, 1.82) is 0 Å². The highest BCUT2D eigenvalue weighted by Crippen LogP contribution is 2.27. The summed E-state index contributed by atoms with van der Waals surface area (Å²) in [5, 5.41) is 3.63. The number of hydrogen-bond donors (Lipinski definition) is 1. The average Bonchev–Trinajstić information content (AvgIpc) is 2.60. The third-order valence-corrected chi connectivity index (χ3v) is 4.37. The van der Waals surface area contributed by atoms with Crippen LogP contribution in [0, 0.1) is 6.92 Å². The minimum Gasteiger partial charge on any atom is -0.325 e. The van der Waals surface area contributed by atoms with Gasteiger partial charge in [0, 0.05) is 10.7 Å². The van der Waals surface area contributed by atoms with Crippen LogP contribution in [0.15, 0.2) is 78.9 Å². The van der Waals surface area contributed by atoms with E-state index in [1.54, 1.807) is 6.07 Å². The molecule has 0 heterocycles. The summed E-state index contributed by atoms with van der Waals surface area (Å²) < 4.78 is 0. The van der Waals surface area contributed by atoms with Crippen LogP contribution in [0.25, 0.3) is 0 Å². The van der Waals surface area contributed by atoms with Crippen LogP contribution in [0.1, 0.15) is 22.6 Å². The Labute approximate surface area is 147 Å². The Morgan fingerprint density at radius 2 is 1.42 bits per heavy atom. The molecule has 1 N–H and O–H groups in total. The molecule has 3 heteroatoms. The van der Waals surface area contributed by atoms with Crippen LogP contribution in [0.3, 0.4) is 0 Å². The molecule has 2 nitrogen and oxygen atoms in total. The quantitative estimate of drug-likeness (QED) is 0.677. The Kier molecular flexibility index (Phi) is 4.97. The van der Waals surface area contributed by atoms with Gasteiger partial charge in [0.1, 0.15) is 0 Å². The third-order valence-electron chi connectivity index (χ3n) is 3.97. The lowest BCUT2D eigenvalue weighted by Crippen LogP contribution is -2.22. The molecule has 0 bridgehead atoms. The number of halogens is 1. The zero-order valence-corrected chi connectivity index (χ0v) is 14.1. The van der Waals surface area contributed by atoms with Gasteiger partial charge in [0.15, 0.2) is 0 Å². The van der Waals surface area contributed by atoms with Crippen LogP contribution >= 0.6 is 11.6 Å². The van der Waals surface area contributed by atoms with Gasteiger partial charge in [0.05, 0.1) is 5.92 Å². The van der Waals surface area contributed by atoms with Crippen LogP contribution in [-0.4, -0.2) is 5.91 Å². The fourth-order valence-corrected chi connectivity index (χ4v) is 2.85. The van der Waals surface area contributed by atoms with Gasteiger partial charge < -0.3 is 5.32 Å². The second-order valence-corrected chi connectivity index (χ2v) is 6.11. The van der Waals surface area contributed by atoms with Gasteiger partial charge in [0.2, 0.25) is 5.91 Å². The largest absolute Gasteiger partial charge is 0.325 e. The molecule has 3 aromatic rings. The first-order valence-electron chi connectivity index (χ1n) is 7.82. The summed E-state index contributed by atoms with van der Waals surface area (Å²) in [5.74, 6) is -0.445. The molecule has 0 aliphatic carbocycles. The topological polar surface area (TPSA) is 29.1 Å². The standard InChI is InChI=1S/C21H18ClNO/c1-15-12-13-18(14-19(15)22)23-21(24)20(16-8-4-2-5-9-16)17-10-6-3-7-11-17/h2-14,20H,1H3,(H,23,24). The fourth-order valence-electron chi connectivity index (χ4n) is 2.67. The summed E-state index contributed by atoms with van der Waals surface area (Å²) in [6.07, 6.45) is 0. The first kappa shape index (κ1) is 16.3. The Bertz CT molecular complexity index is 791. The smallest absolute Gasteiger partial charge is 0.236 e. The van der Waals surface area contributed by atoms with Gasteiger partial charge in [-0.25, -0.2) is 0 Å². The number of carbonyl (C=O) groups is 1. The minimum atomic E-state index is -0.368. The molecule has 0 atom stereocenters. The first-order chi connectivity index (χ1) is 11.6. The van der Waals surface area contributed by atoms with Crippen LogP contribution in [0.5, 0.6) is 0 Å². The Morgan fingerprint density at radius 1 is 0.875 bits per heavy atom. The zero-order chi connectivity index (χ0) is 16.9. The lowest BCUT2D eigenvalue weighted by Gasteiger charge is -2.18. The van der Waals surface area contributed by atoms with Crippen LogP contribution < -0.4 is 5.32 Å². The number of hydrogen-bond acceptors (Lipinski definition) is 1. The van der Waals surface area contributed by atoms with Gasteiger partial charge in [-0.15, -0.1) is 0 Å². The summed E-state index contributed by atoms with van der Waals surface area (Å²) in [7, 11) is 0. The van der Waals surface area contributed by atoms with Crippen molar-refractivity contribution in [2.75, 3.05) is 5.32 Å². The molecule has 1 amide bonds. The van der Waals surface area contributed by atoms with Crippen molar-refractivity contribution in [2.45, 2.75) is 12.8 Å². The molecule has 3 aromatic carbocycles. The Morgan fingerprint density at radius 3 is 1.92 bits per heavy atom. The van der Waals surface area contributed by atoms with E-state index in [0.29, 0.717) is 10.7 Å². The molecular weight excluding hydrogens is 318 g/mol. The van der Waals surface area contributed by atoms with Crippen LogP contribution in [0.4, 0.5) is 5.69 Å². The van der Waals surface area contributed by atoms with Crippen molar-refractivity contribution < 1.29 is 4.79 Å². The number of benzene rings is 3. The summed E-state index contributed by atoms with van der Waals surface area (Å²) >= 11 is 6.16. The Hall–Kier alpha value is -2.58. The summed E-state index contributed by atoms with van der Waals surface area (Å²) in [6.45, 7) is 1.94. The number of aryl methyl sites for hydroxylation is 1. The molecule has 0 radical (unpaired) electrons.